The molecule has 0 saturated carbocycles. The summed E-state index contributed by atoms with van der Waals surface area (Å²) >= 11 is 0. The van der Waals surface area contributed by atoms with Gasteiger partial charge in [0.2, 0.25) is 0 Å². The van der Waals surface area contributed by atoms with Crippen molar-refractivity contribution in [2.24, 2.45) is 0 Å². The zero-order chi connectivity index (χ0) is 21.5. The maximum absolute atomic E-state index is 3.75. The van der Waals surface area contributed by atoms with Gasteiger partial charge in [-0.2, -0.15) is 0 Å². The first-order valence-corrected chi connectivity index (χ1v) is 11.2. The lowest BCUT2D eigenvalue weighted by Gasteiger charge is -2.23. The molecule has 30 heavy (non-hydrogen) atoms. The van der Waals surface area contributed by atoms with Gasteiger partial charge < -0.3 is 16.0 Å². The van der Waals surface area contributed by atoms with Crippen molar-refractivity contribution in [3.8, 4) is 0 Å². The minimum absolute atomic E-state index is 0.271. The van der Waals surface area contributed by atoms with Crippen LogP contribution in [0.4, 0.5) is 5.69 Å². The molecule has 0 bridgehead atoms. The quantitative estimate of drug-likeness (QED) is 0.463. The van der Waals surface area contributed by atoms with Crippen LogP contribution in [0, 0.1) is 34.6 Å². The summed E-state index contributed by atoms with van der Waals surface area (Å²) in [6.45, 7) is 13.8. The average molecular weight is 404 g/mol. The highest BCUT2D eigenvalue weighted by Crippen LogP contribution is 2.29. The van der Waals surface area contributed by atoms with Gasteiger partial charge in [-0.15, -0.1) is 0 Å². The zero-order valence-electron chi connectivity index (χ0n) is 19.2. The van der Waals surface area contributed by atoms with Crippen LogP contribution in [-0.4, -0.2) is 19.6 Å². The van der Waals surface area contributed by atoms with Crippen LogP contribution in [0.5, 0.6) is 0 Å². The molecule has 0 spiro atoms. The maximum Gasteiger partial charge on any atom is 0.0496 e. The van der Waals surface area contributed by atoms with Gasteiger partial charge in [0.25, 0.3) is 0 Å². The largest absolute Gasteiger partial charge is 0.383 e. The highest BCUT2D eigenvalue weighted by Gasteiger charge is 2.13. The van der Waals surface area contributed by atoms with Crippen LogP contribution in [0.15, 0.2) is 54.3 Å². The summed E-state index contributed by atoms with van der Waals surface area (Å²) in [6, 6.07) is 11.0. The van der Waals surface area contributed by atoms with E-state index < -0.39 is 0 Å². The van der Waals surface area contributed by atoms with Crippen LogP contribution in [0.1, 0.15) is 52.3 Å². The van der Waals surface area contributed by atoms with Crippen LogP contribution in [0.2, 0.25) is 0 Å². The topological polar surface area (TPSA) is 36.1 Å². The molecule has 0 fully saturated rings. The van der Waals surface area contributed by atoms with Crippen molar-refractivity contribution in [3.05, 3.63) is 87.6 Å². The van der Waals surface area contributed by atoms with Crippen molar-refractivity contribution in [1.82, 2.24) is 10.6 Å². The van der Waals surface area contributed by atoms with E-state index in [0.717, 1.165) is 32.5 Å². The standard InChI is InChI=1S/C27H37N3/c1-19-20(2)22(4)27(23(5)21(19)3)29-17-16-28-26(24-12-8-6-9-13-24)18-30-25-14-10-7-11-15-25/h6,8-10,12-15,26,28-30H,7,11,16-18H2,1-5H3. The molecule has 2 aromatic rings. The number of anilines is 1. The second-order valence-corrected chi connectivity index (χ2v) is 8.36. The summed E-state index contributed by atoms with van der Waals surface area (Å²) < 4.78 is 0. The van der Waals surface area contributed by atoms with Crippen LogP contribution < -0.4 is 16.0 Å². The second-order valence-electron chi connectivity index (χ2n) is 8.36. The molecule has 0 saturated heterocycles. The molecule has 3 rings (SSSR count). The van der Waals surface area contributed by atoms with E-state index in [-0.39, 0.29) is 6.04 Å². The molecule has 3 nitrogen and oxygen atoms in total. The lowest BCUT2D eigenvalue weighted by molar-refractivity contribution is 0.522. The third-order valence-corrected chi connectivity index (χ3v) is 6.52. The van der Waals surface area contributed by atoms with Crippen molar-refractivity contribution in [2.75, 3.05) is 25.0 Å². The summed E-state index contributed by atoms with van der Waals surface area (Å²) in [4.78, 5) is 0. The van der Waals surface area contributed by atoms with Crippen LogP contribution >= 0.6 is 0 Å². The van der Waals surface area contributed by atoms with E-state index in [2.05, 4.69) is 99.1 Å². The van der Waals surface area contributed by atoms with Gasteiger partial charge in [0.05, 0.1) is 0 Å². The summed E-state index contributed by atoms with van der Waals surface area (Å²) in [5.41, 5.74) is 10.8. The Labute approximate surface area is 182 Å². The summed E-state index contributed by atoms with van der Waals surface area (Å²) in [7, 11) is 0. The zero-order valence-corrected chi connectivity index (χ0v) is 19.2. The number of hydrogen-bond donors (Lipinski definition) is 3. The molecule has 1 aliphatic rings. The van der Waals surface area contributed by atoms with E-state index in [1.54, 1.807) is 0 Å². The van der Waals surface area contributed by atoms with E-state index in [1.807, 2.05) is 0 Å². The Balaban J connectivity index is 1.61. The molecule has 0 aliphatic heterocycles. The molecule has 3 N–H and O–H groups in total. The van der Waals surface area contributed by atoms with Crippen molar-refractivity contribution in [3.63, 3.8) is 0 Å². The number of nitrogens with one attached hydrogen (secondary N) is 3. The SMILES string of the molecule is Cc1c(C)c(C)c(NCCNC(CNC2=CCCC=C2)c2ccccc2)c(C)c1C. The molecule has 0 radical (unpaired) electrons. The van der Waals surface area contributed by atoms with E-state index in [0.29, 0.717) is 0 Å². The molecule has 3 heteroatoms. The minimum Gasteiger partial charge on any atom is -0.383 e. The van der Waals surface area contributed by atoms with Gasteiger partial charge in [-0.1, -0.05) is 42.5 Å². The normalized spacial score (nSPS) is 14.4. The van der Waals surface area contributed by atoms with E-state index in [1.165, 1.54) is 44.8 Å². The Kier molecular flexibility index (Phi) is 7.75. The fourth-order valence-corrected chi connectivity index (χ4v) is 4.16. The fourth-order valence-electron chi connectivity index (χ4n) is 4.16. The molecule has 1 atom stereocenters. The Bertz CT molecular complexity index is 880. The van der Waals surface area contributed by atoms with Gasteiger partial charge in [-0.05, 0) is 86.9 Å². The van der Waals surface area contributed by atoms with Crippen molar-refractivity contribution >= 4 is 5.69 Å². The Morgan fingerprint density at radius 3 is 2.07 bits per heavy atom. The molecule has 0 heterocycles. The third-order valence-electron chi connectivity index (χ3n) is 6.52. The van der Waals surface area contributed by atoms with Crippen molar-refractivity contribution in [2.45, 2.75) is 53.5 Å². The Morgan fingerprint density at radius 1 is 0.767 bits per heavy atom. The minimum atomic E-state index is 0.271. The Hall–Kier alpha value is -2.52. The molecular weight excluding hydrogens is 366 g/mol. The predicted octanol–water partition coefficient (Wildman–Crippen LogP) is 5.80. The van der Waals surface area contributed by atoms with Gasteiger partial charge in [0.1, 0.15) is 0 Å². The highest BCUT2D eigenvalue weighted by atomic mass is 15.0. The number of hydrogen-bond acceptors (Lipinski definition) is 3. The van der Waals surface area contributed by atoms with Gasteiger partial charge in [-0.25, -0.2) is 0 Å². The molecule has 2 aromatic carbocycles. The fraction of sp³-hybridized carbons (Fsp3) is 0.407. The van der Waals surface area contributed by atoms with Crippen LogP contribution in [-0.2, 0) is 0 Å². The van der Waals surface area contributed by atoms with E-state index >= 15 is 0 Å². The predicted molar refractivity (Wildman–Crippen MR) is 130 cm³/mol. The lowest BCUT2D eigenvalue weighted by atomic mass is 9.93. The number of benzene rings is 2. The Morgan fingerprint density at radius 2 is 1.43 bits per heavy atom. The van der Waals surface area contributed by atoms with Gasteiger partial charge in [-0.3, -0.25) is 0 Å². The van der Waals surface area contributed by atoms with Crippen molar-refractivity contribution in [1.29, 1.82) is 0 Å². The van der Waals surface area contributed by atoms with Gasteiger partial charge in [0, 0.05) is 37.1 Å². The monoisotopic (exact) mass is 403 g/mol. The third kappa shape index (κ3) is 5.34. The second kappa shape index (κ2) is 10.5. The first kappa shape index (κ1) is 22.2. The summed E-state index contributed by atoms with van der Waals surface area (Å²) in [5.74, 6) is 0. The smallest absolute Gasteiger partial charge is 0.0496 e. The first-order valence-electron chi connectivity index (χ1n) is 11.2. The highest BCUT2D eigenvalue weighted by molar-refractivity contribution is 5.64. The van der Waals surface area contributed by atoms with E-state index in [9.17, 15) is 0 Å². The van der Waals surface area contributed by atoms with Gasteiger partial charge >= 0.3 is 0 Å². The van der Waals surface area contributed by atoms with Gasteiger partial charge in [0.15, 0.2) is 0 Å². The van der Waals surface area contributed by atoms with E-state index in [4.69, 9.17) is 0 Å². The van der Waals surface area contributed by atoms with Crippen LogP contribution in [0.3, 0.4) is 0 Å². The molecular formula is C27H37N3. The molecule has 0 amide bonds. The lowest BCUT2D eigenvalue weighted by Crippen LogP contribution is -2.34. The molecule has 160 valence electrons. The molecule has 1 aliphatic carbocycles. The van der Waals surface area contributed by atoms with Crippen LogP contribution in [0.25, 0.3) is 0 Å². The molecule has 1 unspecified atom stereocenters. The first-order chi connectivity index (χ1) is 14.5. The number of allylic oxidation sites excluding steroid dienone is 3. The maximum atomic E-state index is 3.75. The number of rotatable bonds is 9. The molecule has 0 aromatic heterocycles. The van der Waals surface area contributed by atoms with Crippen molar-refractivity contribution < 1.29 is 0 Å². The summed E-state index contributed by atoms with van der Waals surface area (Å²) in [5, 5.41) is 11.1. The summed E-state index contributed by atoms with van der Waals surface area (Å²) in [6.07, 6.45) is 9.00. The average Bonchev–Trinajstić information content (AvgIpc) is 2.79.